The smallest absolute Gasteiger partial charge is 0.274 e. The van der Waals surface area contributed by atoms with Gasteiger partial charge in [-0.25, -0.2) is 4.68 Å². The Morgan fingerprint density at radius 1 is 1.50 bits per heavy atom. The highest BCUT2D eigenvalue weighted by molar-refractivity contribution is 5.93. The summed E-state index contributed by atoms with van der Waals surface area (Å²) in [5.41, 5.74) is 1.80. The van der Waals surface area contributed by atoms with Gasteiger partial charge >= 0.3 is 0 Å². The lowest BCUT2D eigenvalue weighted by Gasteiger charge is -2.19. The van der Waals surface area contributed by atoms with E-state index >= 15 is 0 Å². The molecule has 1 saturated heterocycles. The molecule has 7 heteroatoms. The molecular formula is C17H22N4O3. The Morgan fingerprint density at radius 3 is 3.04 bits per heavy atom. The van der Waals surface area contributed by atoms with Gasteiger partial charge in [-0.05, 0) is 38.8 Å². The molecule has 0 aliphatic carbocycles. The fourth-order valence-electron chi connectivity index (χ4n) is 2.89. The molecule has 0 saturated carbocycles. The van der Waals surface area contributed by atoms with Crippen molar-refractivity contribution in [3.8, 4) is 11.4 Å². The number of hydrogen-bond donors (Lipinski definition) is 1. The molecule has 2 atom stereocenters. The zero-order chi connectivity index (χ0) is 17.1. The summed E-state index contributed by atoms with van der Waals surface area (Å²) >= 11 is 0. The number of nitrogens with zero attached hydrogens (tertiary/aromatic N) is 3. The van der Waals surface area contributed by atoms with Gasteiger partial charge in [0.05, 0.1) is 30.6 Å². The molecule has 1 aromatic heterocycles. The summed E-state index contributed by atoms with van der Waals surface area (Å²) in [7, 11) is 1.61. The van der Waals surface area contributed by atoms with E-state index in [9.17, 15) is 4.79 Å². The molecule has 0 bridgehead atoms. The normalized spacial score (nSPS) is 18.4. The van der Waals surface area contributed by atoms with E-state index in [2.05, 4.69) is 15.6 Å². The molecule has 24 heavy (non-hydrogen) atoms. The van der Waals surface area contributed by atoms with Crippen molar-refractivity contribution in [1.82, 2.24) is 20.3 Å². The largest absolute Gasteiger partial charge is 0.497 e. The Hall–Kier alpha value is -2.41. The molecular weight excluding hydrogens is 308 g/mol. The van der Waals surface area contributed by atoms with E-state index in [1.54, 1.807) is 11.8 Å². The predicted molar refractivity (Wildman–Crippen MR) is 88.6 cm³/mol. The number of carbonyl (C=O) groups excluding carboxylic acids is 1. The van der Waals surface area contributed by atoms with Gasteiger partial charge in [0.15, 0.2) is 5.69 Å². The zero-order valence-electron chi connectivity index (χ0n) is 14.2. The Bertz CT molecular complexity index is 722. The van der Waals surface area contributed by atoms with Crippen LogP contribution < -0.4 is 10.1 Å². The average Bonchev–Trinajstić information content (AvgIpc) is 3.24. The molecule has 1 aliphatic rings. The monoisotopic (exact) mass is 330 g/mol. The minimum Gasteiger partial charge on any atom is -0.497 e. The van der Waals surface area contributed by atoms with Crippen LogP contribution in [0.15, 0.2) is 24.3 Å². The van der Waals surface area contributed by atoms with Crippen molar-refractivity contribution in [2.45, 2.75) is 38.8 Å². The van der Waals surface area contributed by atoms with E-state index in [0.717, 1.165) is 30.9 Å². The molecule has 0 unspecified atom stereocenters. The van der Waals surface area contributed by atoms with Gasteiger partial charge in [0, 0.05) is 12.7 Å². The van der Waals surface area contributed by atoms with Crippen LogP contribution in [0.3, 0.4) is 0 Å². The van der Waals surface area contributed by atoms with Crippen LogP contribution in [-0.4, -0.2) is 46.8 Å². The van der Waals surface area contributed by atoms with Crippen molar-refractivity contribution in [3.05, 3.63) is 35.7 Å². The van der Waals surface area contributed by atoms with Crippen LogP contribution in [0, 0.1) is 6.92 Å². The van der Waals surface area contributed by atoms with E-state index in [-0.39, 0.29) is 18.1 Å². The Labute approximate surface area is 141 Å². The average molecular weight is 330 g/mol. The molecule has 1 amide bonds. The predicted octanol–water partition coefficient (Wildman–Crippen LogP) is 1.88. The van der Waals surface area contributed by atoms with Gasteiger partial charge in [-0.3, -0.25) is 4.79 Å². The van der Waals surface area contributed by atoms with E-state index in [4.69, 9.17) is 9.47 Å². The summed E-state index contributed by atoms with van der Waals surface area (Å²) in [6, 6.07) is 7.40. The quantitative estimate of drug-likeness (QED) is 0.905. The van der Waals surface area contributed by atoms with E-state index in [1.165, 1.54) is 0 Å². The highest BCUT2D eigenvalue weighted by Gasteiger charge is 2.26. The Kier molecular flexibility index (Phi) is 4.80. The maximum Gasteiger partial charge on any atom is 0.274 e. The highest BCUT2D eigenvalue weighted by atomic mass is 16.5. The first kappa shape index (κ1) is 16.4. The second kappa shape index (κ2) is 7.00. The van der Waals surface area contributed by atoms with E-state index in [0.29, 0.717) is 11.4 Å². The summed E-state index contributed by atoms with van der Waals surface area (Å²) in [6.45, 7) is 4.54. The molecule has 128 valence electrons. The number of nitrogens with one attached hydrogen (secondary N) is 1. The number of benzene rings is 1. The van der Waals surface area contributed by atoms with Gasteiger partial charge in [0.2, 0.25) is 0 Å². The second-order valence-corrected chi connectivity index (χ2v) is 5.95. The first-order chi connectivity index (χ1) is 11.6. The van der Waals surface area contributed by atoms with E-state index < -0.39 is 0 Å². The van der Waals surface area contributed by atoms with Crippen molar-refractivity contribution in [2.75, 3.05) is 13.7 Å². The first-order valence-corrected chi connectivity index (χ1v) is 8.09. The SMILES string of the molecule is COc1cccc(-n2nnc(C(=O)N[C@H](C)[C@@H]3CCCO3)c2C)c1. The second-order valence-electron chi connectivity index (χ2n) is 5.95. The van der Waals surface area contributed by atoms with Crippen molar-refractivity contribution in [1.29, 1.82) is 0 Å². The van der Waals surface area contributed by atoms with Crippen LogP contribution in [0.5, 0.6) is 5.75 Å². The molecule has 1 aliphatic heterocycles. The van der Waals surface area contributed by atoms with Crippen LogP contribution in [0.25, 0.3) is 5.69 Å². The van der Waals surface area contributed by atoms with Gasteiger partial charge in [-0.1, -0.05) is 11.3 Å². The lowest BCUT2D eigenvalue weighted by atomic mass is 10.1. The number of methoxy groups -OCH3 is 1. The number of carbonyl (C=O) groups is 1. The third-order valence-electron chi connectivity index (χ3n) is 4.29. The standard InChI is InChI=1S/C17H22N4O3/c1-11(15-8-5-9-24-15)18-17(22)16-12(2)21(20-19-16)13-6-4-7-14(10-13)23-3/h4,6-7,10-11,15H,5,8-9H2,1-3H3,(H,18,22)/t11-,15+/m1/s1. The molecule has 3 rings (SSSR count). The van der Waals surface area contributed by atoms with Crippen molar-refractivity contribution < 1.29 is 14.3 Å². The van der Waals surface area contributed by atoms with Crippen molar-refractivity contribution >= 4 is 5.91 Å². The van der Waals surface area contributed by atoms with Gasteiger partial charge in [0.25, 0.3) is 5.91 Å². The van der Waals surface area contributed by atoms with Crippen LogP contribution in [0.1, 0.15) is 35.9 Å². The topological polar surface area (TPSA) is 78.3 Å². The lowest BCUT2D eigenvalue weighted by molar-refractivity contribution is 0.0709. The zero-order valence-corrected chi connectivity index (χ0v) is 14.2. The minimum atomic E-state index is -0.232. The lowest BCUT2D eigenvalue weighted by Crippen LogP contribution is -2.41. The molecule has 1 fully saturated rings. The van der Waals surface area contributed by atoms with Gasteiger partial charge in [-0.2, -0.15) is 0 Å². The summed E-state index contributed by atoms with van der Waals surface area (Å²) in [5.74, 6) is 0.491. The molecule has 0 radical (unpaired) electrons. The van der Waals surface area contributed by atoms with Crippen LogP contribution in [0.4, 0.5) is 0 Å². The number of aromatic nitrogens is 3. The Morgan fingerprint density at radius 2 is 2.33 bits per heavy atom. The molecule has 0 spiro atoms. The Balaban J connectivity index is 1.77. The van der Waals surface area contributed by atoms with Gasteiger partial charge < -0.3 is 14.8 Å². The molecule has 7 nitrogen and oxygen atoms in total. The van der Waals surface area contributed by atoms with Crippen molar-refractivity contribution in [3.63, 3.8) is 0 Å². The summed E-state index contributed by atoms with van der Waals surface area (Å²) in [6.07, 6.45) is 2.08. The van der Waals surface area contributed by atoms with Crippen molar-refractivity contribution in [2.24, 2.45) is 0 Å². The number of ether oxygens (including phenoxy) is 2. The van der Waals surface area contributed by atoms with Crippen LogP contribution in [0.2, 0.25) is 0 Å². The third-order valence-corrected chi connectivity index (χ3v) is 4.29. The van der Waals surface area contributed by atoms with Gasteiger partial charge in [-0.15, -0.1) is 5.10 Å². The maximum atomic E-state index is 12.5. The summed E-state index contributed by atoms with van der Waals surface area (Å²) in [4.78, 5) is 12.5. The summed E-state index contributed by atoms with van der Waals surface area (Å²) < 4.78 is 12.5. The summed E-state index contributed by atoms with van der Waals surface area (Å²) in [5, 5.41) is 11.1. The van der Waals surface area contributed by atoms with Crippen LogP contribution in [-0.2, 0) is 4.74 Å². The maximum absolute atomic E-state index is 12.5. The van der Waals surface area contributed by atoms with E-state index in [1.807, 2.05) is 38.1 Å². The fraction of sp³-hybridized carbons (Fsp3) is 0.471. The fourth-order valence-corrected chi connectivity index (χ4v) is 2.89. The third kappa shape index (κ3) is 3.26. The number of hydrogen-bond acceptors (Lipinski definition) is 5. The minimum absolute atomic E-state index is 0.0543. The van der Waals surface area contributed by atoms with Gasteiger partial charge in [0.1, 0.15) is 5.75 Å². The molecule has 1 N–H and O–H groups in total. The van der Waals surface area contributed by atoms with Crippen LogP contribution >= 0.6 is 0 Å². The highest BCUT2D eigenvalue weighted by Crippen LogP contribution is 2.19. The number of rotatable bonds is 5. The molecule has 2 heterocycles. The molecule has 1 aromatic carbocycles. The number of amides is 1. The first-order valence-electron chi connectivity index (χ1n) is 8.09. The molecule has 2 aromatic rings.